The van der Waals surface area contributed by atoms with Gasteiger partial charge in [-0.15, -0.1) is 0 Å². The zero-order chi connectivity index (χ0) is 6.97. The summed E-state index contributed by atoms with van der Waals surface area (Å²) in [6.07, 6.45) is 3.71. The highest BCUT2D eigenvalue weighted by Gasteiger charge is 1.95. The third-order valence-electron chi connectivity index (χ3n) is 1.40. The number of pyridine rings is 1. The van der Waals surface area contributed by atoms with E-state index in [1.807, 2.05) is 28.0 Å². The van der Waals surface area contributed by atoms with Crippen LogP contribution in [-0.2, 0) is 0 Å². The Bertz CT molecular complexity index is 353. The van der Waals surface area contributed by atoms with Gasteiger partial charge in [-0.25, -0.2) is 4.98 Å². The van der Waals surface area contributed by atoms with Crippen molar-refractivity contribution in [2.75, 3.05) is 0 Å². The number of halogens is 1. The van der Waals surface area contributed by atoms with Gasteiger partial charge >= 0.3 is 0 Å². The fourth-order valence-corrected chi connectivity index (χ4v) is 1.35. The molecule has 0 atom stereocenters. The third kappa shape index (κ3) is 0.743. The summed E-state index contributed by atoms with van der Waals surface area (Å²) in [5.74, 6) is 0. The van der Waals surface area contributed by atoms with E-state index in [-0.39, 0.29) is 0 Å². The number of hydrogen-bond donors (Lipinski definition) is 0. The van der Waals surface area contributed by atoms with E-state index in [1.54, 1.807) is 6.20 Å². The Morgan fingerprint density at radius 2 is 2.30 bits per heavy atom. The van der Waals surface area contributed by atoms with E-state index in [1.165, 1.54) is 0 Å². The first-order valence-corrected chi connectivity index (χ1v) is 3.67. The van der Waals surface area contributed by atoms with Crippen molar-refractivity contribution in [3.8, 4) is 0 Å². The molecule has 3 heteroatoms. The molecule has 0 aliphatic heterocycles. The van der Waals surface area contributed by atoms with Crippen molar-refractivity contribution in [2.45, 2.75) is 0 Å². The van der Waals surface area contributed by atoms with E-state index >= 15 is 0 Å². The van der Waals surface area contributed by atoms with Crippen molar-refractivity contribution in [1.82, 2.24) is 8.58 Å². The molecule has 2 aromatic rings. The SMILES string of the molecule is Brn1ccc2cccnc21. The molecule has 0 unspecified atom stereocenters. The molecule has 2 aromatic heterocycles. The van der Waals surface area contributed by atoms with Crippen molar-refractivity contribution in [3.05, 3.63) is 30.6 Å². The molecule has 50 valence electrons. The van der Waals surface area contributed by atoms with E-state index in [4.69, 9.17) is 0 Å². The summed E-state index contributed by atoms with van der Waals surface area (Å²) in [6, 6.07) is 5.96. The Kier molecular flexibility index (Phi) is 1.24. The van der Waals surface area contributed by atoms with Crippen LogP contribution in [0.5, 0.6) is 0 Å². The molecule has 0 radical (unpaired) electrons. The molecule has 10 heavy (non-hydrogen) atoms. The zero-order valence-corrected chi connectivity index (χ0v) is 6.75. The molecule has 0 amide bonds. The first kappa shape index (κ1) is 5.92. The first-order valence-electron chi connectivity index (χ1n) is 2.96. The van der Waals surface area contributed by atoms with Gasteiger partial charge in [-0.05, 0) is 18.2 Å². The Morgan fingerprint density at radius 3 is 3.10 bits per heavy atom. The van der Waals surface area contributed by atoms with Crippen LogP contribution in [0.15, 0.2) is 30.6 Å². The van der Waals surface area contributed by atoms with Crippen LogP contribution in [0.4, 0.5) is 0 Å². The summed E-state index contributed by atoms with van der Waals surface area (Å²) >= 11 is 3.32. The molecule has 0 aromatic carbocycles. The minimum absolute atomic E-state index is 0.961. The van der Waals surface area contributed by atoms with Crippen molar-refractivity contribution in [2.24, 2.45) is 0 Å². The largest absolute Gasteiger partial charge is 0.267 e. The predicted octanol–water partition coefficient (Wildman–Crippen LogP) is 2.19. The smallest absolute Gasteiger partial charge is 0.149 e. The summed E-state index contributed by atoms with van der Waals surface area (Å²) in [4.78, 5) is 4.16. The highest BCUT2D eigenvalue weighted by atomic mass is 79.9. The van der Waals surface area contributed by atoms with Crippen molar-refractivity contribution in [1.29, 1.82) is 0 Å². The predicted molar refractivity (Wildman–Crippen MR) is 44.1 cm³/mol. The second-order valence-corrected chi connectivity index (χ2v) is 2.81. The van der Waals surface area contributed by atoms with Crippen molar-refractivity contribution < 1.29 is 0 Å². The number of rotatable bonds is 0. The average molecular weight is 197 g/mol. The maximum atomic E-state index is 4.16. The van der Waals surface area contributed by atoms with Crippen LogP contribution >= 0.6 is 16.1 Å². The number of fused-ring (bicyclic) bond motifs is 1. The molecular weight excluding hydrogens is 192 g/mol. The topological polar surface area (TPSA) is 17.8 Å². The molecule has 2 heterocycles. The monoisotopic (exact) mass is 196 g/mol. The van der Waals surface area contributed by atoms with Gasteiger partial charge in [-0.2, -0.15) is 0 Å². The second-order valence-electron chi connectivity index (χ2n) is 2.04. The molecule has 0 saturated heterocycles. The van der Waals surface area contributed by atoms with Gasteiger partial charge in [0.1, 0.15) is 5.65 Å². The Hall–Kier alpha value is -0.830. The highest BCUT2D eigenvalue weighted by molar-refractivity contribution is 9.08. The molecule has 0 fully saturated rings. The van der Waals surface area contributed by atoms with E-state index in [0.29, 0.717) is 0 Å². The van der Waals surface area contributed by atoms with Gasteiger partial charge in [0, 0.05) is 17.8 Å². The second kappa shape index (κ2) is 2.09. The van der Waals surface area contributed by atoms with Gasteiger partial charge < -0.3 is 0 Å². The summed E-state index contributed by atoms with van der Waals surface area (Å²) in [5.41, 5.74) is 0.961. The molecular formula is C7H5BrN2. The molecule has 0 N–H and O–H groups in total. The lowest BCUT2D eigenvalue weighted by Gasteiger charge is -1.88. The van der Waals surface area contributed by atoms with Crippen LogP contribution in [0.2, 0.25) is 0 Å². The van der Waals surface area contributed by atoms with Crippen LogP contribution in [0.3, 0.4) is 0 Å². The lowest BCUT2D eigenvalue weighted by Crippen LogP contribution is -1.78. The quantitative estimate of drug-likeness (QED) is 0.632. The van der Waals surface area contributed by atoms with Crippen LogP contribution in [0.1, 0.15) is 0 Å². The molecule has 0 spiro atoms. The Labute approximate surface area is 66.8 Å². The molecule has 2 rings (SSSR count). The number of aromatic nitrogens is 2. The average Bonchev–Trinajstić information content (AvgIpc) is 2.34. The van der Waals surface area contributed by atoms with Crippen molar-refractivity contribution in [3.63, 3.8) is 0 Å². The van der Waals surface area contributed by atoms with E-state index < -0.39 is 0 Å². The minimum Gasteiger partial charge on any atom is -0.267 e. The van der Waals surface area contributed by atoms with Gasteiger partial charge in [-0.3, -0.25) is 3.59 Å². The Morgan fingerprint density at radius 1 is 1.40 bits per heavy atom. The maximum absolute atomic E-state index is 4.16. The highest BCUT2D eigenvalue weighted by Crippen LogP contribution is 2.13. The maximum Gasteiger partial charge on any atom is 0.149 e. The Balaban J connectivity index is 2.93. The van der Waals surface area contributed by atoms with E-state index in [0.717, 1.165) is 11.0 Å². The summed E-state index contributed by atoms with van der Waals surface area (Å²) < 4.78 is 1.82. The summed E-state index contributed by atoms with van der Waals surface area (Å²) in [6.45, 7) is 0. The molecule has 0 aliphatic carbocycles. The summed E-state index contributed by atoms with van der Waals surface area (Å²) in [7, 11) is 0. The van der Waals surface area contributed by atoms with Crippen LogP contribution < -0.4 is 0 Å². The third-order valence-corrected chi connectivity index (χ3v) is 1.98. The minimum atomic E-state index is 0.961. The van der Waals surface area contributed by atoms with E-state index in [9.17, 15) is 0 Å². The number of nitrogens with zero attached hydrogens (tertiary/aromatic N) is 2. The molecule has 0 saturated carbocycles. The fraction of sp³-hybridized carbons (Fsp3) is 0. The lowest BCUT2D eigenvalue weighted by atomic mass is 10.3. The molecule has 0 aliphatic rings. The van der Waals surface area contributed by atoms with Crippen molar-refractivity contribution >= 4 is 27.2 Å². The standard InChI is InChI=1S/C7H5BrN2/c8-10-5-3-6-2-1-4-9-7(6)10/h1-5H. The van der Waals surface area contributed by atoms with Gasteiger partial charge in [0.25, 0.3) is 0 Å². The van der Waals surface area contributed by atoms with Crippen LogP contribution in [0.25, 0.3) is 11.0 Å². The van der Waals surface area contributed by atoms with Gasteiger partial charge in [0.05, 0.1) is 16.1 Å². The lowest BCUT2D eigenvalue weighted by molar-refractivity contribution is 1.28. The molecule has 2 nitrogen and oxygen atoms in total. The first-order chi connectivity index (χ1) is 4.88. The van der Waals surface area contributed by atoms with Crippen LogP contribution in [-0.4, -0.2) is 8.58 Å². The normalized spacial score (nSPS) is 10.5. The van der Waals surface area contributed by atoms with Crippen LogP contribution in [0, 0.1) is 0 Å². The fourth-order valence-electron chi connectivity index (χ4n) is 0.934. The van der Waals surface area contributed by atoms with Gasteiger partial charge in [-0.1, -0.05) is 0 Å². The van der Waals surface area contributed by atoms with Gasteiger partial charge in [0.15, 0.2) is 0 Å². The number of hydrogen-bond acceptors (Lipinski definition) is 1. The van der Waals surface area contributed by atoms with E-state index in [2.05, 4.69) is 21.1 Å². The van der Waals surface area contributed by atoms with Gasteiger partial charge in [0.2, 0.25) is 0 Å². The summed E-state index contributed by atoms with van der Waals surface area (Å²) in [5, 5.41) is 1.15. The molecule has 0 bridgehead atoms. The zero-order valence-electron chi connectivity index (χ0n) is 5.16.